The van der Waals surface area contributed by atoms with E-state index < -0.39 is 26.0 Å². The van der Waals surface area contributed by atoms with E-state index in [1.165, 1.54) is 18.5 Å². The van der Waals surface area contributed by atoms with E-state index in [9.17, 15) is 9.59 Å². The van der Waals surface area contributed by atoms with Gasteiger partial charge in [-0.1, -0.05) is 6.85 Å². The summed E-state index contributed by atoms with van der Waals surface area (Å²) in [5.74, 6) is -0.381. The SMILES string of the molecule is [2H]C([2H])([2H])CC(=O)c1cnc(NC(=O)C2CC2)cc1Nc1nccc2c1N(C)Cc1nn(C([2H])([2H])[2H])nc1-2. The molecule has 10 heteroatoms. The molecule has 5 rings (SSSR count). The van der Waals surface area contributed by atoms with Gasteiger partial charge in [-0.3, -0.25) is 9.59 Å². The second kappa shape index (κ2) is 7.70. The third-order valence-electron chi connectivity index (χ3n) is 5.45. The van der Waals surface area contributed by atoms with Crippen molar-refractivity contribution in [2.24, 2.45) is 12.9 Å². The van der Waals surface area contributed by atoms with Crippen LogP contribution in [0.1, 0.15) is 50.4 Å². The van der Waals surface area contributed by atoms with Gasteiger partial charge in [0.25, 0.3) is 0 Å². The summed E-state index contributed by atoms with van der Waals surface area (Å²) in [7, 11) is 1.78. The summed E-state index contributed by atoms with van der Waals surface area (Å²) in [5.41, 5.74) is 2.27. The van der Waals surface area contributed by atoms with Crippen molar-refractivity contribution in [2.75, 3.05) is 22.6 Å². The van der Waals surface area contributed by atoms with Crippen LogP contribution < -0.4 is 15.5 Å². The van der Waals surface area contributed by atoms with Crippen molar-refractivity contribution in [3.8, 4) is 11.3 Å². The molecule has 3 aromatic rings. The first kappa shape index (κ1) is 14.3. The minimum atomic E-state index is -2.54. The van der Waals surface area contributed by atoms with Crippen LogP contribution >= 0.6 is 0 Å². The van der Waals surface area contributed by atoms with E-state index in [0.717, 1.165) is 12.8 Å². The van der Waals surface area contributed by atoms with Gasteiger partial charge in [-0.2, -0.15) is 15.0 Å². The normalized spacial score (nSPS) is 18.1. The summed E-state index contributed by atoms with van der Waals surface area (Å²) in [5, 5.41) is 14.2. The lowest BCUT2D eigenvalue weighted by Gasteiger charge is -2.28. The number of hydrogen-bond donors (Lipinski definition) is 2. The number of Topliss-reactive ketones (excluding diaryl/α,β-unsaturated/α-hetero) is 1. The molecule has 0 saturated heterocycles. The van der Waals surface area contributed by atoms with Crippen molar-refractivity contribution in [1.29, 1.82) is 0 Å². The molecule has 1 amide bonds. The van der Waals surface area contributed by atoms with Gasteiger partial charge in [-0.05, 0) is 18.9 Å². The predicted octanol–water partition coefficient (Wildman–Crippen LogP) is 2.91. The molecule has 3 aromatic heterocycles. The summed E-state index contributed by atoms with van der Waals surface area (Å²) in [6, 6.07) is 3.15. The number of ketones is 1. The van der Waals surface area contributed by atoms with E-state index in [-0.39, 0.29) is 35.4 Å². The van der Waals surface area contributed by atoms with Crippen LogP contribution in [-0.4, -0.2) is 43.7 Å². The highest BCUT2D eigenvalue weighted by molar-refractivity contribution is 6.03. The Hall–Kier alpha value is -3.82. The largest absolute Gasteiger partial charge is 0.365 e. The number of amides is 1. The molecule has 164 valence electrons. The van der Waals surface area contributed by atoms with Crippen molar-refractivity contribution >= 4 is 34.7 Å². The van der Waals surface area contributed by atoms with Crippen molar-refractivity contribution in [1.82, 2.24) is 25.0 Å². The zero-order valence-corrected chi connectivity index (χ0v) is 17.2. The van der Waals surface area contributed by atoms with Crippen molar-refractivity contribution in [2.45, 2.75) is 32.7 Å². The van der Waals surface area contributed by atoms with Gasteiger partial charge in [-0.15, -0.1) is 0 Å². The molecule has 0 aromatic carbocycles. The monoisotopic (exact) mass is 438 g/mol. The highest BCUT2D eigenvalue weighted by Gasteiger charge is 2.30. The van der Waals surface area contributed by atoms with E-state index in [2.05, 4.69) is 30.8 Å². The number of nitrogens with zero attached hydrogens (tertiary/aromatic N) is 6. The quantitative estimate of drug-likeness (QED) is 0.564. The topological polar surface area (TPSA) is 118 Å². The van der Waals surface area contributed by atoms with Crippen LogP contribution in [0.5, 0.6) is 0 Å². The number of aryl methyl sites for hydroxylation is 1. The summed E-state index contributed by atoms with van der Waals surface area (Å²) >= 11 is 0. The van der Waals surface area contributed by atoms with Crippen molar-refractivity contribution in [3.05, 3.63) is 35.8 Å². The van der Waals surface area contributed by atoms with Gasteiger partial charge in [0.05, 0.1) is 23.5 Å². The highest BCUT2D eigenvalue weighted by Crippen LogP contribution is 2.41. The third kappa shape index (κ3) is 3.57. The maximum absolute atomic E-state index is 12.9. The lowest BCUT2D eigenvalue weighted by molar-refractivity contribution is -0.117. The highest BCUT2D eigenvalue weighted by atomic mass is 16.2. The molecule has 0 bridgehead atoms. The molecule has 1 fully saturated rings. The zero-order chi connectivity index (χ0) is 27.4. The lowest BCUT2D eigenvalue weighted by Crippen LogP contribution is -2.23. The standard InChI is InChI=1S/C22H24N8O2/c1-4-17(31)14-10-24-18(26-22(32)12-5-6-12)9-15(14)25-21-20-13(7-8-23-21)19-16(11-29(20)2)27-30(3)28-19/h7-10,12H,4-6,11H2,1-3H3,(H2,23,24,25,26,32)/i1D3,3D3. The summed E-state index contributed by atoms with van der Waals surface area (Å²) in [4.78, 5) is 36.3. The average molecular weight is 439 g/mol. The second-order valence-corrected chi connectivity index (χ2v) is 7.80. The smallest absolute Gasteiger partial charge is 0.228 e. The molecule has 4 heterocycles. The first-order valence-electron chi connectivity index (χ1n) is 13.1. The van der Waals surface area contributed by atoms with Crippen molar-refractivity contribution in [3.63, 3.8) is 0 Å². The molecule has 1 aliphatic carbocycles. The summed E-state index contributed by atoms with van der Waals surface area (Å²) in [6.45, 7) is -4.77. The lowest BCUT2D eigenvalue weighted by atomic mass is 10.0. The van der Waals surface area contributed by atoms with Gasteiger partial charge in [0, 0.05) is 58.6 Å². The van der Waals surface area contributed by atoms with Crippen LogP contribution in [0, 0.1) is 5.92 Å². The van der Waals surface area contributed by atoms with E-state index in [0.29, 0.717) is 33.3 Å². The molecule has 0 radical (unpaired) electrons. The minimum absolute atomic E-state index is 0.0254. The van der Waals surface area contributed by atoms with Gasteiger partial charge < -0.3 is 15.5 Å². The molecule has 1 aliphatic heterocycles. The first-order valence-corrected chi connectivity index (χ1v) is 10.1. The number of carbonyl (C=O) groups is 2. The number of fused-ring (bicyclic) bond motifs is 3. The predicted molar refractivity (Wildman–Crippen MR) is 120 cm³/mol. The fraction of sp³-hybridized carbons (Fsp3) is 0.364. The Labute approximate surface area is 193 Å². The fourth-order valence-electron chi connectivity index (χ4n) is 3.72. The maximum Gasteiger partial charge on any atom is 0.228 e. The second-order valence-electron chi connectivity index (χ2n) is 7.80. The van der Waals surface area contributed by atoms with Crippen LogP contribution in [0.4, 0.5) is 23.0 Å². The van der Waals surface area contributed by atoms with E-state index in [1.54, 1.807) is 13.1 Å². The molecule has 10 nitrogen and oxygen atoms in total. The molecule has 2 aliphatic rings. The number of hydrogen-bond acceptors (Lipinski definition) is 8. The van der Waals surface area contributed by atoms with Crippen LogP contribution in [0.25, 0.3) is 11.3 Å². The van der Waals surface area contributed by atoms with E-state index >= 15 is 0 Å². The van der Waals surface area contributed by atoms with E-state index in [1.807, 2.05) is 4.90 Å². The number of carbonyl (C=O) groups excluding carboxylic acids is 2. The Morgan fingerprint density at radius 1 is 1.28 bits per heavy atom. The van der Waals surface area contributed by atoms with Crippen LogP contribution in [-0.2, 0) is 18.3 Å². The van der Waals surface area contributed by atoms with Gasteiger partial charge in [0.2, 0.25) is 5.91 Å². The van der Waals surface area contributed by atoms with Crippen LogP contribution in [0.3, 0.4) is 0 Å². The van der Waals surface area contributed by atoms with Gasteiger partial charge in [0.15, 0.2) is 11.6 Å². The Morgan fingerprint density at radius 3 is 2.94 bits per heavy atom. The Morgan fingerprint density at radius 2 is 2.16 bits per heavy atom. The third-order valence-corrected chi connectivity index (χ3v) is 5.45. The average Bonchev–Trinajstić information content (AvgIpc) is 3.56. The first-order chi connectivity index (χ1) is 17.8. The molecule has 32 heavy (non-hydrogen) atoms. The van der Waals surface area contributed by atoms with Gasteiger partial charge in [-0.25, -0.2) is 9.97 Å². The Bertz CT molecular complexity index is 1430. The van der Waals surface area contributed by atoms with Crippen LogP contribution in [0.15, 0.2) is 24.5 Å². The number of aromatic nitrogens is 5. The van der Waals surface area contributed by atoms with Crippen LogP contribution in [0.2, 0.25) is 0 Å². The molecule has 0 unspecified atom stereocenters. The zero-order valence-electron chi connectivity index (χ0n) is 23.2. The van der Waals surface area contributed by atoms with E-state index in [4.69, 9.17) is 8.22 Å². The van der Waals surface area contributed by atoms with Gasteiger partial charge in [0.1, 0.15) is 17.2 Å². The molecule has 0 atom stereocenters. The number of nitrogens with one attached hydrogen (secondary N) is 2. The maximum atomic E-state index is 12.9. The van der Waals surface area contributed by atoms with Gasteiger partial charge >= 0.3 is 0 Å². The molecule has 1 saturated carbocycles. The molecular formula is C22H24N8O2. The minimum Gasteiger partial charge on any atom is -0.365 e. The van der Waals surface area contributed by atoms with Crippen molar-refractivity contribution < 1.29 is 17.8 Å². The fourth-order valence-corrected chi connectivity index (χ4v) is 3.72. The molecule has 0 spiro atoms. The number of anilines is 4. The number of pyridine rings is 2. The Kier molecular flexibility index (Phi) is 3.44. The number of rotatable bonds is 6. The Balaban J connectivity index is 1.55. The summed E-state index contributed by atoms with van der Waals surface area (Å²) in [6.07, 6.45) is 3.64. The molecule has 2 N–H and O–H groups in total. The molecular weight excluding hydrogens is 408 g/mol. The summed E-state index contributed by atoms with van der Waals surface area (Å²) < 4.78 is 45.4.